The highest BCUT2D eigenvalue weighted by molar-refractivity contribution is 8.00. The third-order valence-corrected chi connectivity index (χ3v) is 5.64. The van der Waals surface area contributed by atoms with E-state index in [2.05, 4.69) is 0 Å². The van der Waals surface area contributed by atoms with Crippen molar-refractivity contribution in [2.45, 2.75) is 50.7 Å². The van der Waals surface area contributed by atoms with Gasteiger partial charge in [0.05, 0.1) is 10.7 Å². The molecule has 2 unspecified atom stereocenters. The van der Waals surface area contributed by atoms with Gasteiger partial charge in [0.1, 0.15) is 0 Å². The summed E-state index contributed by atoms with van der Waals surface area (Å²) in [6.45, 7) is 3.15. The van der Waals surface area contributed by atoms with E-state index in [9.17, 15) is 14.7 Å². The van der Waals surface area contributed by atoms with Gasteiger partial charge in [0, 0.05) is 13.1 Å². The van der Waals surface area contributed by atoms with Crippen LogP contribution < -0.4 is 0 Å². The second-order valence-corrected chi connectivity index (χ2v) is 7.01. The molecule has 4 nitrogen and oxygen atoms in total. The van der Waals surface area contributed by atoms with E-state index in [1.165, 1.54) is 0 Å². The molecule has 0 saturated carbocycles. The number of hydrogen-bond acceptors (Lipinski definition) is 3. The Morgan fingerprint density at radius 3 is 2.79 bits per heavy atom. The zero-order chi connectivity index (χ0) is 13.9. The molecule has 1 N–H and O–H groups in total. The van der Waals surface area contributed by atoms with Gasteiger partial charge in [-0.25, -0.2) is 0 Å². The molecule has 0 aromatic rings. The lowest BCUT2D eigenvalue weighted by Crippen LogP contribution is -2.51. The molecule has 2 atom stereocenters. The van der Waals surface area contributed by atoms with Gasteiger partial charge in [-0.05, 0) is 37.9 Å². The number of carbonyl (C=O) groups is 2. The first-order chi connectivity index (χ1) is 9.09. The van der Waals surface area contributed by atoms with Crippen molar-refractivity contribution in [3.63, 3.8) is 0 Å². The molecular weight excluding hydrogens is 262 g/mol. The van der Waals surface area contributed by atoms with Crippen LogP contribution in [0.5, 0.6) is 0 Å². The number of carboxylic acids is 1. The summed E-state index contributed by atoms with van der Waals surface area (Å²) in [5, 5.41) is 9.62. The van der Waals surface area contributed by atoms with Crippen LogP contribution in [0.1, 0.15) is 45.4 Å². The molecule has 0 spiro atoms. The second-order valence-electron chi connectivity index (χ2n) is 5.70. The van der Waals surface area contributed by atoms with Crippen molar-refractivity contribution in [3.05, 3.63) is 0 Å². The third kappa shape index (κ3) is 3.07. The van der Waals surface area contributed by atoms with Crippen molar-refractivity contribution >= 4 is 23.6 Å². The van der Waals surface area contributed by atoms with Gasteiger partial charge in [-0.2, -0.15) is 0 Å². The zero-order valence-electron chi connectivity index (χ0n) is 11.6. The van der Waals surface area contributed by atoms with Crippen molar-refractivity contribution in [1.29, 1.82) is 0 Å². The largest absolute Gasteiger partial charge is 0.481 e. The molecule has 2 aliphatic heterocycles. The average molecular weight is 285 g/mol. The first-order valence-electron chi connectivity index (χ1n) is 7.23. The maximum Gasteiger partial charge on any atom is 0.311 e. The third-order valence-electron chi connectivity index (χ3n) is 4.28. The van der Waals surface area contributed by atoms with Crippen LogP contribution >= 0.6 is 11.8 Å². The molecule has 0 aliphatic carbocycles. The number of amides is 1. The van der Waals surface area contributed by atoms with Crippen LogP contribution in [0.3, 0.4) is 0 Å². The first kappa shape index (κ1) is 14.7. The Bertz CT molecular complexity index is 351. The molecular formula is C14H23NO3S. The van der Waals surface area contributed by atoms with E-state index < -0.39 is 11.4 Å². The fourth-order valence-electron chi connectivity index (χ4n) is 3.26. The van der Waals surface area contributed by atoms with Gasteiger partial charge in [0.25, 0.3) is 0 Å². The standard InChI is InChI=1S/C14H23NO3S/c1-2-6-14(13(17)18)7-4-8-15(10-14)12(16)11-5-3-9-19-11/h11H,2-10H2,1H3,(H,17,18). The van der Waals surface area contributed by atoms with E-state index in [0.29, 0.717) is 19.4 Å². The summed E-state index contributed by atoms with van der Waals surface area (Å²) in [7, 11) is 0. The van der Waals surface area contributed by atoms with Crippen LogP contribution in [0, 0.1) is 5.41 Å². The smallest absolute Gasteiger partial charge is 0.311 e. The molecule has 0 aromatic carbocycles. The minimum Gasteiger partial charge on any atom is -0.481 e. The quantitative estimate of drug-likeness (QED) is 0.861. The Kier molecular flexibility index (Phi) is 4.76. The summed E-state index contributed by atoms with van der Waals surface area (Å²) in [4.78, 5) is 25.9. The second kappa shape index (κ2) is 6.16. The number of nitrogens with zero attached hydrogens (tertiary/aromatic N) is 1. The van der Waals surface area contributed by atoms with Crippen molar-refractivity contribution in [3.8, 4) is 0 Å². The SMILES string of the molecule is CCCC1(C(=O)O)CCCN(C(=O)C2CCCS2)C1. The summed E-state index contributed by atoms with van der Waals surface area (Å²) < 4.78 is 0. The summed E-state index contributed by atoms with van der Waals surface area (Å²) in [6, 6.07) is 0. The Labute approximate surface area is 118 Å². The first-order valence-corrected chi connectivity index (χ1v) is 8.28. The van der Waals surface area contributed by atoms with E-state index in [4.69, 9.17) is 0 Å². The van der Waals surface area contributed by atoms with Gasteiger partial charge in [-0.3, -0.25) is 9.59 Å². The maximum atomic E-state index is 12.4. The fourth-order valence-corrected chi connectivity index (χ4v) is 4.50. The number of aliphatic carboxylic acids is 1. The molecule has 2 fully saturated rings. The minimum atomic E-state index is -0.731. The van der Waals surface area contributed by atoms with E-state index >= 15 is 0 Å². The average Bonchev–Trinajstić information content (AvgIpc) is 2.92. The topological polar surface area (TPSA) is 57.6 Å². The lowest BCUT2D eigenvalue weighted by molar-refractivity contribution is -0.155. The van der Waals surface area contributed by atoms with Crippen LogP contribution in [0.25, 0.3) is 0 Å². The molecule has 0 aromatic heterocycles. The normalized spacial score (nSPS) is 31.4. The molecule has 5 heteroatoms. The van der Waals surface area contributed by atoms with Gasteiger partial charge in [0.2, 0.25) is 5.91 Å². The fraction of sp³-hybridized carbons (Fsp3) is 0.857. The lowest BCUT2D eigenvalue weighted by Gasteiger charge is -2.40. The van der Waals surface area contributed by atoms with Crippen LogP contribution in [0.2, 0.25) is 0 Å². The highest BCUT2D eigenvalue weighted by Crippen LogP contribution is 2.37. The molecule has 108 valence electrons. The van der Waals surface area contributed by atoms with Gasteiger partial charge in [0.15, 0.2) is 0 Å². The number of piperidine rings is 1. The summed E-state index contributed by atoms with van der Waals surface area (Å²) in [5.41, 5.74) is -0.702. The number of carbonyl (C=O) groups excluding carboxylic acids is 1. The Balaban J connectivity index is 2.06. The van der Waals surface area contributed by atoms with Crippen LogP contribution in [-0.2, 0) is 9.59 Å². The number of rotatable bonds is 4. The van der Waals surface area contributed by atoms with Gasteiger partial charge >= 0.3 is 5.97 Å². The highest BCUT2D eigenvalue weighted by atomic mass is 32.2. The number of thioether (sulfide) groups is 1. The number of carboxylic acid groups (broad SMARTS) is 1. The van der Waals surface area contributed by atoms with Crippen molar-refractivity contribution in [1.82, 2.24) is 4.90 Å². The molecule has 2 rings (SSSR count). The van der Waals surface area contributed by atoms with Crippen molar-refractivity contribution in [2.24, 2.45) is 5.41 Å². The minimum absolute atomic E-state index is 0.0752. The Morgan fingerprint density at radius 2 is 2.21 bits per heavy atom. The molecule has 2 heterocycles. The molecule has 0 bridgehead atoms. The predicted molar refractivity (Wildman–Crippen MR) is 76.3 cm³/mol. The van der Waals surface area contributed by atoms with Crippen LogP contribution in [0.15, 0.2) is 0 Å². The maximum absolute atomic E-state index is 12.4. The monoisotopic (exact) mass is 285 g/mol. The van der Waals surface area contributed by atoms with Gasteiger partial charge in [-0.15, -0.1) is 11.8 Å². The summed E-state index contributed by atoms with van der Waals surface area (Å²) in [5.74, 6) is 0.498. The molecule has 19 heavy (non-hydrogen) atoms. The Morgan fingerprint density at radius 1 is 1.42 bits per heavy atom. The van der Waals surface area contributed by atoms with Gasteiger partial charge < -0.3 is 10.0 Å². The number of likely N-dealkylation sites (tertiary alicyclic amines) is 1. The lowest BCUT2D eigenvalue weighted by atomic mass is 9.76. The molecule has 2 aliphatic rings. The van der Waals surface area contributed by atoms with E-state index in [1.54, 1.807) is 11.8 Å². The summed E-state index contributed by atoms with van der Waals surface area (Å²) >= 11 is 1.73. The summed E-state index contributed by atoms with van der Waals surface area (Å²) in [6.07, 6.45) is 5.10. The van der Waals surface area contributed by atoms with Crippen molar-refractivity contribution in [2.75, 3.05) is 18.8 Å². The van der Waals surface area contributed by atoms with E-state index in [-0.39, 0.29) is 11.2 Å². The number of hydrogen-bond donors (Lipinski definition) is 1. The van der Waals surface area contributed by atoms with E-state index in [0.717, 1.165) is 38.0 Å². The highest BCUT2D eigenvalue weighted by Gasteiger charge is 2.43. The molecule has 1 amide bonds. The molecule has 0 radical (unpaired) electrons. The van der Waals surface area contributed by atoms with E-state index in [1.807, 2.05) is 11.8 Å². The Hall–Kier alpha value is -0.710. The molecule has 2 saturated heterocycles. The predicted octanol–water partition coefficient (Wildman–Crippen LogP) is 2.38. The van der Waals surface area contributed by atoms with Crippen LogP contribution in [-0.4, -0.2) is 46.0 Å². The van der Waals surface area contributed by atoms with Crippen molar-refractivity contribution < 1.29 is 14.7 Å². The zero-order valence-corrected chi connectivity index (χ0v) is 12.4. The van der Waals surface area contributed by atoms with Gasteiger partial charge in [-0.1, -0.05) is 13.3 Å². The van der Waals surface area contributed by atoms with Crippen LogP contribution in [0.4, 0.5) is 0 Å².